The average molecular weight is 581 g/mol. The van der Waals surface area contributed by atoms with E-state index in [-0.39, 0.29) is 5.78 Å². The maximum absolute atomic E-state index is 13.5. The third-order valence-electron chi connectivity index (χ3n) is 7.96. The monoisotopic (exact) mass is 580 g/mol. The van der Waals surface area contributed by atoms with Gasteiger partial charge in [0.2, 0.25) is 0 Å². The van der Waals surface area contributed by atoms with Gasteiger partial charge in [0.15, 0.2) is 5.78 Å². The maximum Gasteiger partial charge on any atom is 0.197 e. The van der Waals surface area contributed by atoms with Crippen molar-refractivity contribution in [3.8, 4) is 11.5 Å². The molecule has 42 heavy (non-hydrogen) atoms. The van der Waals surface area contributed by atoms with Crippen molar-refractivity contribution in [2.45, 2.75) is 142 Å². The number of unbranched alkanes of at least 4 members (excludes halogenated alkanes) is 18. The van der Waals surface area contributed by atoms with Crippen LogP contribution in [0.1, 0.15) is 158 Å². The normalized spacial score (nSPS) is 11.1. The molecular formula is C37H60N2O3. The second kappa shape index (κ2) is 22.9. The van der Waals surface area contributed by atoms with Gasteiger partial charge in [-0.15, -0.1) is 0 Å². The molecule has 4 N–H and O–H groups in total. The number of benzene rings is 2. The molecule has 2 aromatic rings. The van der Waals surface area contributed by atoms with Crippen LogP contribution in [0.25, 0.3) is 0 Å². The Morgan fingerprint density at radius 3 is 1.45 bits per heavy atom. The average Bonchev–Trinajstić information content (AvgIpc) is 2.98. The largest absolute Gasteiger partial charge is 0.494 e. The first kappa shape index (κ1) is 35.5. The van der Waals surface area contributed by atoms with Gasteiger partial charge in [0, 0.05) is 16.9 Å². The van der Waals surface area contributed by atoms with Crippen molar-refractivity contribution in [1.29, 1.82) is 0 Å². The summed E-state index contributed by atoms with van der Waals surface area (Å²) in [7, 11) is 0. The molecule has 0 aliphatic carbocycles. The molecule has 0 aliphatic heterocycles. The maximum atomic E-state index is 13.5. The van der Waals surface area contributed by atoms with Crippen molar-refractivity contribution in [3.63, 3.8) is 0 Å². The van der Waals surface area contributed by atoms with Gasteiger partial charge in [-0.05, 0) is 49.2 Å². The zero-order valence-corrected chi connectivity index (χ0v) is 26.9. The molecule has 2 aromatic carbocycles. The first-order valence-corrected chi connectivity index (χ1v) is 17.2. The van der Waals surface area contributed by atoms with E-state index in [0.29, 0.717) is 47.2 Å². The number of anilines is 2. The van der Waals surface area contributed by atoms with Gasteiger partial charge < -0.3 is 20.9 Å². The van der Waals surface area contributed by atoms with Crippen molar-refractivity contribution in [3.05, 3.63) is 47.5 Å². The van der Waals surface area contributed by atoms with E-state index in [1.54, 1.807) is 18.2 Å². The Hall–Kier alpha value is -2.69. The van der Waals surface area contributed by atoms with Crippen LogP contribution in [0.3, 0.4) is 0 Å². The lowest BCUT2D eigenvalue weighted by Gasteiger charge is -2.14. The number of carbonyl (C=O) groups excluding carboxylic acids is 1. The zero-order valence-electron chi connectivity index (χ0n) is 26.9. The summed E-state index contributed by atoms with van der Waals surface area (Å²) >= 11 is 0. The summed E-state index contributed by atoms with van der Waals surface area (Å²) in [6.45, 7) is 5.76. The highest BCUT2D eigenvalue weighted by Crippen LogP contribution is 2.29. The highest BCUT2D eigenvalue weighted by atomic mass is 16.5. The lowest BCUT2D eigenvalue weighted by molar-refractivity contribution is 0.103. The quantitative estimate of drug-likeness (QED) is 0.0656. The van der Waals surface area contributed by atoms with Gasteiger partial charge in [-0.3, -0.25) is 4.79 Å². The number of carbonyl (C=O) groups is 1. The van der Waals surface area contributed by atoms with Gasteiger partial charge in [0.05, 0.1) is 18.8 Å². The number of ketones is 1. The lowest BCUT2D eigenvalue weighted by Crippen LogP contribution is -2.09. The second-order valence-electron chi connectivity index (χ2n) is 11.9. The van der Waals surface area contributed by atoms with Gasteiger partial charge in [-0.2, -0.15) is 0 Å². The van der Waals surface area contributed by atoms with Crippen molar-refractivity contribution >= 4 is 17.2 Å². The van der Waals surface area contributed by atoms with E-state index in [0.717, 1.165) is 19.3 Å². The minimum absolute atomic E-state index is 0.156. The van der Waals surface area contributed by atoms with E-state index in [4.69, 9.17) is 20.9 Å². The molecule has 0 unspecified atom stereocenters. The fourth-order valence-electron chi connectivity index (χ4n) is 5.42. The van der Waals surface area contributed by atoms with Crippen LogP contribution < -0.4 is 20.9 Å². The Bertz CT molecular complexity index is 971. The molecule has 0 radical (unpaired) electrons. The first-order chi connectivity index (χ1) is 20.5. The molecule has 2 rings (SSSR count). The number of nitrogen functional groups attached to an aromatic ring is 2. The predicted molar refractivity (Wildman–Crippen MR) is 180 cm³/mol. The zero-order chi connectivity index (χ0) is 30.3. The number of hydrogen-bond donors (Lipinski definition) is 2. The third kappa shape index (κ3) is 15.5. The smallest absolute Gasteiger partial charge is 0.197 e. The summed E-state index contributed by atoms with van der Waals surface area (Å²) in [6, 6.07) is 10.6. The summed E-state index contributed by atoms with van der Waals surface area (Å²) in [5.74, 6) is 1.12. The van der Waals surface area contributed by atoms with Crippen molar-refractivity contribution in [2.24, 2.45) is 0 Å². The van der Waals surface area contributed by atoms with Crippen LogP contribution >= 0.6 is 0 Å². The number of hydrogen-bond acceptors (Lipinski definition) is 5. The highest BCUT2D eigenvalue weighted by Gasteiger charge is 2.17. The number of nitrogens with two attached hydrogens (primary N) is 2. The minimum atomic E-state index is -0.156. The summed E-state index contributed by atoms with van der Waals surface area (Å²) in [4.78, 5) is 13.5. The highest BCUT2D eigenvalue weighted by molar-refractivity contribution is 6.11. The lowest BCUT2D eigenvalue weighted by atomic mass is 10.0. The molecule has 0 saturated heterocycles. The van der Waals surface area contributed by atoms with E-state index in [1.165, 1.54) is 109 Å². The van der Waals surface area contributed by atoms with Gasteiger partial charge in [0.25, 0.3) is 0 Å². The number of ether oxygens (including phenoxy) is 2. The van der Waals surface area contributed by atoms with Crippen molar-refractivity contribution in [2.75, 3.05) is 24.7 Å². The minimum Gasteiger partial charge on any atom is -0.494 e. The van der Waals surface area contributed by atoms with Crippen LogP contribution in [0.5, 0.6) is 11.5 Å². The van der Waals surface area contributed by atoms with Gasteiger partial charge >= 0.3 is 0 Å². The van der Waals surface area contributed by atoms with Crippen molar-refractivity contribution in [1.82, 2.24) is 0 Å². The topological polar surface area (TPSA) is 87.6 Å². The molecule has 0 heterocycles. The molecule has 0 atom stereocenters. The molecule has 0 aliphatic rings. The Morgan fingerprint density at radius 2 is 0.976 bits per heavy atom. The molecule has 0 bridgehead atoms. The van der Waals surface area contributed by atoms with Crippen LogP contribution in [-0.2, 0) is 0 Å². The predicted octanol–water partition coefficient (Wildman–Crippen LogP) is 10.7. The van der Waals surface area contributed by atoms with Crippen LogP contribution in [0, 0.1) is 0 Å². The van der Waals surface area contributed by atoms with E-state index in [2.05, 4.69) is 13.8 Å². The molecule has 5 heteroatoms. The van der Waals surface area contributed by atoms with Gasteiger partial charge in [0.1, 0.15) is 11.5 Å². The van der Waals surface area contributed by atoms with E-state index in [1.807, 2.05) is 18.2 Å². The molecule has 0 spiro atoms. The molecule has 0 amide bonds. The molecule has 0 fully saturated rings. The molecular weight excluding hydrogens is 520 g/mol. The summed E-state index contributed by atoms with van der Waals surface area (Å²) in [6.07, 6.45) is 25.6. The second-order valence-corrected chi connectivity index (χ2v) is 11.9. The fourth-order valence-corrected chi connectivity index (χ4v) is 5.42. The Kier molecular flexibility index (Phi) is 19.3. The van der Waals surface area contributed by atoms with Crippen LogP contribution in [0.15, 0.2) is 36.4 Å². The molecule has 5 nitrogen and oxygen atoms in total. The summed E-state index contributed by atoms with van der Waals surface area (Å²) in [5.41, 5.74) is 13.9. The third-order valence-corrected chi connectivity index (χ3v) is 7.96. The Morgan fingerprint density at radius 1 is 0.548 bits per heavy atom. The van der Waals surface area contributed by atoms with Crippen molar-refractivity contribution < 1.29 is 14.3 Å². The van der Waals surface area contributed by atoms with Crippen LogP contribution in [-0.4, -0.2) is 19.0 Å². The summed E-state index contributed by atoms with van der Waals surface area (Å²) < 4.78 is 12.2. The number of rotatable bonds is 26. The first-order valence-electron chi connectivity index (χ1n) is 17.2. The van der Waals surface area contributed by atoms with E-state index < -0.39 is 0 Å². The molecule has 236 valence electrons. The standard InChI is InChI=1S/C37H60N2O3/c1-3-5-7-9-11-13-15-17-19-21-25-41-34-23-24-36(42-26-22-20-18-16-14-12-10-8-6-4-2)35(30-34)37(40)31-27-32(38)29-33(39)28-31/h23-24,27-30H,3-22,25-26,38-39H2,1-2H3. The van der Waals surface area contributed by atoms with Gasteiger partial charge in [-0.25, -0.2) is 0 Å². The van der Waals surface area contributed by atoms with E-state index in [9.17, 15) is 4.79 Å². The van der Waals surface area contributed by atoms with E-state index >= 15 is 0 Å². The summed E-state index contributed by atoms with van der Waals surface area (Å²) in [5, 5.41) is 0. The molecule has 0 saturated carbocycles. The van der Waals surface area contributed by atoms with Crippen LogP contribution in [0.4, 0.5) is 11.4 Å². The SMILES string of the molecule is CCCCCCCCCCCCOc1ccc(OCCCCCCCCCCCC)c(C(=O)c2cc(N)cc(N)c2)c1. The van der Waals surface area contributed by atoms with Crippen LogP contribution in [0.2, 0.25) is 0 Å². The Labute approximate surface area is 257 Å². The molecule has 0 aromatic heterocycles. The fraction of sp³-hybridized carbons (Fsp3) is 0.649. The van der Waals surface area contributed by atoms with Gasteiger partial charge in [-0.1, -0.05) is 129 Å². The Balaban J connectivity index is 1.83.